The summed E-state index contributed by atoms with van der Waals surface area (Å²) in [6.07, 6.45) is -5.25. The fourth-order valence-corrected chi connectivity index (χ4v) is 3.54. The van der Waals surface area contributed by atoms with Crippen molar-refractivity contribution >= 4 is 17.6 Å². The van der Waals surface area contributed by atoms with Crippen molar-refractivity contribution in [3.63, 3.8) is 0 Å². The van der Waals surface area contributed by atoms with Crippen LogP contribution in [0.3, 0.4) is 0 Å². The molecule has 31 heavy (non-hydrogen) atoms. The van der Waals surface area contributed by atoms with E-state index in [4.69, 9.17) is 16.3 Å². The van der Waals surface area contributed by atoms with Crippen LogP contribution >= 0.6 is 11.6 Å². The summed E-state index contributed by atoms with van der Waals surface area (Å²) in [4.78, 5) is 13.9. The number of carbonyl (C=O) groups excluding carboxylic acids is 1. The molecule has 8 heteroatoms. The van der Waals surface area contributed by atoms with E-state index in [1.807, 2.05) is 20.8 Å². The molecule has 0 saturated carbocycles. The van der Waals surface area contributed by atoms with Crippen molar-refractivity contribution < 1.29 is 22.7 Å². The van der Waals surface area contributed by atoms with Crippen LogP contribution in [0.1, 0.15) is 43.6 Å². The van der Waals surface area contributed by atoms with Gasteiger partial charge in [0.05, 0.1) is 30.9 Å². The van der Waals surface area contributed by atoms with Crippen molar-refractivity contribution in [3.8, 4) is 0 Å². The Kier molecular flexibility index (Phi) is 6.86. The average Bonchev–Trinajstić information content (AvgIpc) is 2.62. The van der Waals surface area contributed by atoms with Crippen molar-refractivity contribution in [1.82, 2.24) is 10.2 Å². The Labute approximate surface area is 185 Å². The zero-order chi connectivity index (χ0) is 22.8. The highest BCUT2D eigenvalue weighted by Gasteiger charge is 2.37. The van der Waals surface area contributed by atoms with Gasteiger partial charge in [0.1, 0.15) is 0 Å². The van der Waals surface area contributed by atoms with Crippen molar-refractivity contribution in [1.29, 1.82) is 0 Å². The molecule has 1 unspecified atom stereocenters. The number of nitrogens with one attached hydrogen (secondary N) is 1. The highest BCUT2D eigenvalue weighted by molar-refractivity contribution is 6.30. The SMILES string of the molecule is CC(C)(C)NC(=O)N1CC(OC(Cc2ccccc2C(F)(F)F)c2ccc(Cl)cc2)C1. The largest absolute Gasteiger partial charge is 0.416 e. The molecule has 0 spiro atoms. The van der Waals surface area contributed by atoms with Gasteiger partial charge < -0.3 is 15.0 Å². The highest BCUT2D eigenvalue weighted by atomic mass is 35.5. The van der Waals surface area contributed by atoms with E-state index in [-0.39, 0.29) is 29.7 Å². The number of hydrogen-bond donors (Lipinski definition) is 1. The number of alkyl halides is 3. The maximum absolute atomic E-state index is 13.5. The average molecular weight is 455 g/mol. The lowest BCUT2D eigenvalue weighted by Gasteiger charge is -2.42. The summed E-state index contributed by atoms with van der Waals surface area (Å²) in [7, 11) is 0. The molecule has 1 heterocycles. The van der Waals surface area contributed by atoms with Crippen LogP contribution in [0.5, 0.6) is 0 Å². The Bertz CT molecular complexity index is 904. The van der Waals surface area contributed by atoms with E-state index < -0.39 is 17.8 Å². The second-order valence-corrected chi connectivity index (χ2v) is 9.18. The highest BCUT2D eigenvalue weighted by Crippen LogP contribution is 2.35. The summed E-state index contributed by atoms with van der Waals surface area (Å²) in [5, 5.41) is 3.42. The number of rotatable bonds is 5. The Morgan fingerprint density at radius 2 is 1.74 bits per heavy atom. The third-order valence-electron chi connectivity index (χ3n) is 4.94. The fourth-order valence-electron chi connectivity index (χ4n) is 3.42. The number of benzene rings is 2. The van der Waals surface area contributed by atoms with Crippen molar-refractivity contribution in [2.75, 3.05) is 13.1 Å². The van der Waals surface area contributed by atoms with Crippen LogP contribution in [0, 0.1) is 0 Å². The number of carbonyl (C=O) groups is 1. The zero-order valence-electron chi connectivity index (χ0n) is 17.7. The first-order valence-electron chi connectivity index (χ1n) is 10.1. The lowest BCUT2D eigenvalue weighted by atomic mass is 9.96. The third kappa shape index (κ3) is 6.37. The van der Waals surface area contributed by atoms with E-state index in [2.05, 4.69) is 5.32 Å². The molecule has 0 aromatic heterocycles. The molecule has 2 amide bonds. The summed E-state index contributed by atoms with van der Waals surface area (Å²) < 4.78 is 46.5. The van der Waals surface area contributed by atoms with Crippen LogP contribution in [0.15, 0.2) is 48.5 Å². The second-order valence-electron chi connectivity index (χ2n) is 8.74. The Hall–Kier alpha value is -2.25. The van der Waals surface area contributed by atoms with E-state index >= 15 is 0 Å². The molecule has 1 fully saturated rings. The lowest BCUT2D eigenvalue weighted by molar-refractivity contribution is -0.138. The van der Waals surface area contributed by atoms with Gasteiger partial charge in [-0.15, -0.1) is 0 Å². The minimum atomic E-state index is -4.44. The third-order valence-corrected chi connectivity index (χ3v) is 5.20. The summed E-state index contributed by atoms with van der Waals surface area (Å²) in [5.74, 6) is 0. The second kappa shape index (κ2) is 9.09. The minimum absolute atomic E-state index is 0.0575. The Morgan fingerprint density at radius 3 is 2.32 bits per heavy atom. The molecule has 1 saturated heterocycles. The number of likely N-dealkylation sites (tertiary alicyclic amines) is 1. The summed E-state index contributed by atoms with van der Waals surface area (Å²) >= 11 is 5.97. The fraction of sp³-hybridized carbons (Fsp3) is 0.435. The van der Waals surface area contributed by atoms with Crippen LogP contribution in [0.2, 0.25) is 5.02 Å². The van der Waals surface area contributed by atoms with Crippen LogP contribution in [0.4, 0.5) is 18.0 Å². The number of nitrogens with zero attached hydrogens (tertiary/aromatic N) is 1. The van der Waals surface area contributed by atoms with E-state index in [9.17, 15) is 18.0 Å². The van der Waals surface area contributed by atoms with Crippen LogP contribution < -0.4 is 5.32 Å². The maximum Gasteiger partial charge on any atom is 0.416 e. The van der Waals surface area contributed by atoms with E-state index in [0.29, 0.717) is 18.1 Å². The number of hydrogen-bond acceptors (Lipinski definition) is 2. The van der Waals surface area contributed by atoms with Gasteiger partial charge in [-0.25, -0.2) is 4.79 Å². The molecule has 1 aliphatic heterocycles. The van der Waals surface area contributed by atoms with Crippen molar-refractivity contribution in [2.45, 2.75) is 51.1 Å². The van der Waals surface area contributed by atoms with Gasteiger partial charge in [0.2, 0.25) is 0 Å². The van der Waals surface area contributed by atoms with Gasteiger partial charge in [-0.1, -0.05) is 41.9 Å². The minimum Gasteiger partial charge on any atom is -0.366 e. The molecule has 168 valence electrons. The molecule has 3 rings (SSSR count). The smallest absolute Gasteiger partial charge is 0.366 e. The van der Waals surface area contributed by atoms with Gasteiger partial charge in [0, 0.05) is 17.0 Å². The van der Waals surface area contributed by atoms with Gasteiger partial charge in [-0.05, 0) is 50.1 Å². The molecule has 2 aromatic rings. The van der Waals surface area contributed by atoms with E-state index in [0.717, 1.165) is 11.6 Å². The van der Waals surface area contributed by atoms with Gasteiger partial charge in [0.15, 0.2) is 0 Å². The van der Waals surface area contributed by atoms with Gasteiger partial charge >= 0.3 is 12.2 Å². The predicted molar refractivity (Wildman–Crippen MR) is 114 cm³/mol. The number of urea groups is 1. The molecule has 4 nitrogen and oxygen atoms in total. The van der Waals surface area contributed by atoms with Gasteiger partial charge in [-0.3, -0.25) is 0 Å². The summed E-state index contributed by atoms with van der Waals surface area (Å²) in [6.45, 7) is 6.45. The normalized spacial score (nSPS) is 16.0. The molecule has 1 atom stereocenters. The Balaban J connectivity index is 1.74. The topological polar surface area (TPSA) is 41.6 Å². The van der Waals surface area contributed by atoms with E-state index in [1.165, 1.54) is 12.1 Å². The monoisotopic (exact) mass is 454 g/mol. The molecule has 0 radical (unpaired) electrons. The lowest BCUT2D eigenvalue weighted by Crippen LogP contribution is -2.60. The van der Waals surface area contributed by atoms with Crippen molar-refractivity contribution in [2.24, 2.45) is 0 Å². The van der Waals surface area contributed by atoms with Crippen LogP contribution in [0.25, 0.3) is 0 Å². The molecule has 1 N–H and O–H groups in total. The Morgan fingerprint density at radius 1 is 1.13 bits per heavy atom. The first kappa shape index (κ1) is 23.4. The quantitative estimate of drug-likeness (QED) is 0.615. The van der Waals surface area contributed by atoms with Crippen molar-refractivity contribution in [3.05, 3.63) is 70.2 Å². The van der Waals surface area contributed by atoms with Crippen LogP contribution in [-0.2, 0) is 17.3 Å². The molecule has 0 aliphatic carbocycles. The standard InChI is InChI=1S/C23H26ClF3N2O2/c1-22(2,3)28-21(30)29-13-18(14-29)31-20(15-8-10-17(24)11-9-15)12-16-6-4-5-7-19(16)23(25,26)27/h4-11,18,20H,12-14H2,1-3H3,(H,28,30). The molecular formula is C23H26ClF3N2O2. The molecule has 2 aromatic carbocycles. The number of ether oxygens (including phenoxy) is 1. The summed E-state index contributed by atoms with van der Waals surface area (Å²) in [6, 6.07) is 12.2. The van der Waals surface area contributed by atoms with E-state index in [1.54, 1.807) is 35.2 Å². The molecular weight excluding hydrogens is 429 g/mol. The zero-order valence-corrected chi connectivity index (χ0v) is 18.4. The predicted octanol–water partition coefficient (Wildman–Crippen LogP) is 5.85. The van der Waals surface area contributed by atoms with Gasteiger partial charge in [0.25, 0.3) is 0 Å². The molecule has 1 aliphatic rings. The summed E-state index contributed by atoms with van der Waals surface area (Å²) in [5.41, 5.74) is -0.121. The first-order chi connectivity index (χ1) is 14.4. The van der Waals surface area contributed by atoms with Crippen LogP contribution in [-0.4, -0.2) is 35.7 Å². The number of halogens is 4. The maximum atomic E-state index is 13.5. The first-order valence-corrected chi connectivity index (χ1v) is 10.4. The molecule has 0 bridgehead atoms. The number of amides is 2. The van der Waals surface area contributed by atoms with Gasteiger partial charge in [-0.2, -0.15) is 13.2 Å².